The van der Waals surface area contributed by atoms with Gasteiger partial charge in [-0.3, -0.25) is 4.79 Å². The van der Waals surface area contributed by atoms with Crippen molar-refractivity contribution in [3.05, 3.63) is 35.1 Å². The Labute approximate surface area is 152 Å². The third-order valence-corrected chi connectivity index (χ3v) is 5.76. The van der Waals surface area contributed by atoms with E-state index in [4.69, 9.17) is 0 Å². The summed E-state index contributed by atoms with van der Waals surface area (Å²) in [6.07, 6.45) is 10.9. The number of aliphatic hydroxyl groups is 1. The van der Waals surface area contributed by atoms with Gasteiger partial charge in [0.1, 0.15) is 12.7 Å². The monoisotopic (exact) mass is 358 g/mol. The van der Waals surface area contributed by atoms with Crippen LogP contribution >= 0.6 is 0 Å². The van der Waals surface area contributed by atoms with E-state index in [1.54, 1.807) is 27.8 Å². The van der Waals surface area contributed by atoms with Gasteiger partial charge in [0.2, 0.25) is 0 Å². The molecule has 2 aromatic rings. The van der Waals surface area contributed by atoms with Crippen LogP contribution in [-0.2, 0) is 0 Å². The van der Waals surface area contributed by atoms with Crippen molar-refractivity contribution in [2.75, 3.05) is 6.54 Å². The summed E-state index contributed by atoms with van der Waals surface area (Å²) in [6.45, 7) is 0.683. The van der Waals surface area contributed by atoms with Crippen molar-refractivity contribution in [2.45, 2.75) is 69.1 Å². The van der Waals surface area contributed by atoms with Crippen LogP contribution in [0.25, 0.3) is 5.82 Å². The summed E-state index contributed by atoms with van der Waals surface area (Å²) < 4.78 is 3.16. The zero-order valence-corrected chi connectivity index (χ0v) is 14.9. The van der Waals surface area contributed by atoms with Gasteiger partial charge in [-0.25, -0.2) is 14.3 Å². The molecule has 2 heterocycles. The third kappa shape index (κ3) is 3.71. The van der Waals surface area contributed by atoms with Gasteiger partial charge in [0.15, 0.2) is 5.82 Å². The third-order valence-electron chi connectivity index (χ3n) is 5.76. The fraction of sp³-hybridized carbons (Fsp3) is 0.667. The van der Waals surface area contributed by atoms with Crippen LogP contribution < -0.4 is 10.9 Å². The molecule has 0 spiro atoms. The van der Waals surface area contributed by atoms with E-state index in [1.807, 2.05) is 0 Å². The molecule has 2 N–H and O–H groups in total. The molecular weight excluding hydrogens is 332 g/mol. The first-order valence-corrected chi connectivity index (χ1v) is 9.54. The minimum atomic E-state index is -0.512. The summed E-state index contributed by atoms with van der Waals surface area (Å²) >= 11 is 0. The van der Waals surface area contributed by atoms with E-state index < -0.39 is 5.60 Å². The topological polar surface area (TPSA) is 97.9 Å². The maximum atomic E-state index is 12.3. The summed E-state index contributed by atoms with van der Waals surface area (Å²) in [5, 5.41) is 22.6. The van der Waals surface area contributed by atoms with Crippen LogP contribution in [0, 0.1) is 0 Å². The molecule has 0 radical (unpaired) electrons. The van der Waals surface area contributed by atoms with Crippen LogP contribution in [0.5, 0.6) is 0 Å². The molecule has 0 unspecified atom stereocenters. The summed E-state index contributed by atoms with van der Waals surface area (Å²) in [5.41, 5.74) is -0.591. The van der Waals surface area contributed by atoms with E-state index in [-0.39, 0.29) is 11.6 Å². The molecule has 0 aliphatic heterocycles. The number of aromatic nitrogens is 5. The summed E-state index contributed by atoms with van der Waals surface area (Å²) in [5.74, 6) is 0.603. The van der Waals surface area contributed by atoms with Crippen molar-refractivity contribution in [1.82, 2.24) is 29.9 Å². The molecule has 2 aromatic heterocycles. The average Bonchev–Trinajstić information content (AvgIpc) is 3.34. The van der Waals surface area contributed by atoms with E-state index in [1.165, 1.54) is 6.33 Å². The van der Waals surface area contributed by atoms with E-state index in [2.05, 4.69) is 20.5 Å². The minimum Gasteiger partial charge on any atom is -0.389 e. The predicted molar refractivity (Wildman–Crippen MR) is 96.1 cm³/mol. The van der Waals surface area contributed by atoms with Gasteiger partial charge in [-0.2, -0.15) is 5.10 Å². The highest BCUT2D eigenvalue weighted by Crippen LogP contribution is 2.31. The smallest absolute Gasteiger partial charge is 0.267 e. The van der Waals surface area contributed by atoms with Crippen molar-refractivity contribution in [3.63, 3.8) is 0 Å². The van der Waals surface area contributed by atoms with Crippen LogP contribution in [0.15, 0.2) is 29.6 Å². The highest BCUT2D eigenvalue weighted by molar-refractivity contribution is 5.16. The van der Waals surface area contributed by atoms with Gasteiger partial charge in [-0.05, 0) is 44.6 Å². The first-order chi connectivity index (χ1) is 12.6. The van der Waals surface area contributed by atoms with Crippen molar-refractivity contribution < 1.29 is 5.11 Å². The second-order valence-electron chi connectivity index (χ2n) is 7.63. The Morgan fingerprint density at radius 3 is 2.65 bits per heavy atom. The lowest BCUT2D eigenvalue weighted by Crippen LogP contribution is -2.44. The van der Waals surface area contributed by atoms with Gasteiger partial charge in [0.05, 0.1) is 11.6 Å². The largest absolute Gasteiger partial charge is 0.389 e. The molecule has 26 heavy (non-hydrogen) atoms. The quantitative estimate of drug-likeness (QED) is 0.833. The molecule has 8 heteroatoms. The van der Waals surface area contributed by atoms with Crippen molar-refractivity contribution in [2.24, 2.45) is 0 Å². The number of rotatable bonds is 5. The van der Waals surface area contributed by atoms with Crippen molar-refractivity contribution in [3.8, 4) is 5.82 Å². The van der Waals surface area contributed by atoms with Crippen LogP contribution in [0.3, 0.4) is 0 Å². The maximum Gasteiger partial charge on any atom is 0.267 e. The first kappa shape index (κ1) is 17.4. The maximum absolute atomic E-state index is 12.3. The van der Waals surface area contributed by atoms with Crippen molar-refractivity contribution in [1.29, 1.82) is 0 Å². The number of nitrogens with zero attached hydrogens (tertiary/aromatic N) is 5. The molecule has 4 rings (SSSR count). The molecule has 140 valence electrons. The fourth-order valence-electron chi connectivity index (χ4n) is 4.19. The zero-order valence-electron chi connectivity index (χ0n) is 14.9. The summed E-state index contributed by atoms with van der Waals surface area (Å²) in [6, 6.07) is 3.73. The van der Waals surface area contributed by atoms with Gasteiger partial charge in [-0.15, -0.1) is 5.10 Å². The Bertz CT molecular complexity index is 773. The highest BCUT2D eigenvalue weighted by Gasteiger charge is 2.32. The van der Waals surface area contributed by atoms with E-state index in [9.17, 15) is 9.90 Å². The number of nitrogens with one attached hydrogen (secondary N) is 1. The molecule has 0 bridgehead atoms. The lowest BCUT2D eigenvalue weighted by Gasteiger charge is -2.32. The van der Waals surface area contributed by atoms with E-state index >= 15 is 0 Å². The normalized spacial score (nSPS) is 25.4. The Kier molecular flexibility index (Phi) is 4.86. The minimum absolute atomic E-state index is 0.0782. The van der Waals surface area contributed by atoms with Gasteiger partial charge in [0.25, 0.3) is 5.56 Å². The molecule has 2 aliphatic carbocycles. The Hall–Kier alpha value is -2.06. The zero-order chi connectivity index (χ0) is 18.0. The van der Waals surface area contributed by atoms with E-state index in [0.29, 0.717) is 18.4 Å². The molecule has 0 amide bonds. The summed E-state index contributed by atoms with van der Waals surface area (Å²) in [4.78, 5) is 16.2. The lowest BCUT2D eigenvalue weighted by atomic mass is 9.90. The van der Waals surface area contributed by atoms with Crippen LogP contribution in [0.2, 0.25) is 0 Å². The van der Waals surface area contributed by atoms with Gasteiger partial charge in [0, 0.05) is 18.7 Å². The summed E-state index contributed by atoms with van der Waals surface area (Å²) in [7, 11) is 0. The number of hydrogen-bond acceptors (Lipinski definition) is 6. The molecule has 2 saturated carbocycles. The predicted octanol–water partition coefficient (Wildman–Crippen LogP) is 1.20. The average molecular weight is 358 g/mol. The van der Waals surface area contributed by atoms with Gasteiger partial charge in [-0.1, -0.05) is 12.8 Å². The molecule has 0 aromatic carbocycles. The fourth-order valence-corrected chi connectivity index (χ4v) is 4.19. The van der Waals surface area contributed by atoms with Crippen LogP contribution in [0.1, 0.15) is 57.4 Å². The Morgan fingerprint density at radius 1 is 1.19 bits per heavy atom. The van der Waals surface area contributed by atoms with Crippen LogP contribution in [0.4, 0.5) is 0 Å². The van der Waals surface area contributed by atoms with Gasteiger partial charge < -0.3 is 10.4 Å². The molecule has 2 fully saturated rings. The lowest BCUT2D eigenvalue weighted by molar-refractivity contribution is 0.0427. The van der Waals surface area contributed by atoms with Crippen LogP contribution in [-0.4, -0.2) is 47.8 Å². The molecule has 8 nitrogen and oxygen atoms in total. The molecular formula is C18H26N6O2. The Morgan fingerprint density at radius 2 is 1.96 bits per heavy atom. The SMILES string of the molecule is O=c1ccc(-n2cncn2)nn1C1CCC(NCC2(O)CCCC2)CC1. The van der Waals surface area contributed by atoms with Crippen molar-refractivity contribution >= 4 is 0 Å². The van der Waals surface area contributed by atoms with Gasteiger partial charge >= 0.3 is 0 Å². The molecule has 0 atom stereocenters. The first-order valence-electron chi connectivity index (χ1n) is 9.54. The Balaban J connectivity index is 1.37. The highest BCUT2D eigenvalue weighted by atomic mass is 16.3. The van der Waals surface area contributed by atoms with E-state index in [0.717, 1.165) is 51.4 Å². The standard InChI is InChI=1S/C18H26N6O2/c25-17-8-7-16(23-13-19-12-21-23)22-24(17)15-5-3-14(4-6-15)20-11-18(26)9-1-2-10-18/h7-8,12-15,20,26H,1-6,9-11H2. The molecule has 2 aliphatic rings. The second kappa shape index (κ2) is 7.28. The second-order valence-corrected chi connectivity index (χ2v) is 7.63. The molecule has 0 saturated heterocycles. The number of hydrogen-bond donors (Lipinski definition) is 2.